The standard InChI is InChI=1S/C13H13NO3/c1-8-3-4-12(15)11(7-8)14-6-5-10(9(14)2)13(16)17/h3-7,15H,1-2H3,(H,16,17). The molecule has 0 fully saturated rings. The van der Waals surface area contributed by atoms with Crippen LogP contribution in [-0.4, -0.2) is 20.7 Å². The van der Waals surface area contributed by atoms with Crippen molar-refractivity contribution in [1.29, 1.82) is 0 Å². The van der Waals surface area contributed by atoms with Crippen molar-refractivity contribution >= 4 is 5.97 Å². The second-order valence-corrected chi connectivity index (χ2v) is 3.98. The lowest BCUT2D eigenvalue weighted by atomic mass is 10.2. The molecule has 0 bridgehead atoms. The summed E-state index contributed by atoms with van der Waals surface area (Å²) in [4.78, 5) is 10.9. The van der Waals surface area contributed by atoms with Gasteiger partial charge < -0.3 is 14.8 Å². The maximum atomic E-state index is 10.9. The maximum absolute atomic E-state index is 10.9. The molecule has 0 spiro atoms. The number of phenolic OH excluding ortho intramolecular Hbond substituents is 1. The smallest absolute Gasteiger partial charge is 0.337 e. The number of benzene rings is 1. The van der Waals surface area contributed by atoms with E-state index in [2.05, 4.69) is 0 Å². The summed E-state index contributed by atoms with van der Waals surface area (Å²) < 4.78 is 1.67. The molecule has 17 heavy (non-hydrogen) atoms. The lowest BCUT2D eigenvalue weighted by Gasteiger charge is -2.09. The number of phenols is 1. The Morgan fingerprint density at radius 3 is 2.53 bits per heavy atom. The van der Waals surface area contributed by atoms with E-state index < -0.39 is 5.97 Å². The first-order valence-corrected chi connectivity index (χ1v) is 5.22. The molecule has 0 aliphatic carbocycles. The average molecular weight is 231 g/mol. The summed E-state index contributed by atoms with van der Waals surface area (Å²) >= 11 is 0. The first kappa shape index (κ1) is 11.3. The molecule has 88 valence electrons. The number of rotatable bonds is 2. The van der Waals surface area contributed by atoms with Gasteiger partial charge in [-0.3, -0.25) is 0 Å². The van der Waals surface area contributed by atoms with Crippen LogP contribution in [0.2, 0.25) is 0 Å². The summed E-state index contributed by atoms with van der Waals surface area (Å²) in [5, 5.41) is 18.8. The van der Waals surface area contributed by atoms with Crippen LogP contribution in [0.4, 0.5) is 0 Å². The minimum atomic E-state index is -0.964. The molecule has 4 nitrogen and oxygen atoms in total. The summed E-state index contributed by atoms with van der Waals surface area (Å²) in [6.07, 6.45) is 1.65. The zero-order chi connectivity index (χ0) is 12.6. The number of hydrogen-bond donors (Lipinski definition) is 2. The number of nitrogens with zero attached hydrogens (tertiary/aromatic N) is 1. The van der Waals surface area contributed by atoms with Crippen molar-refractivity contribution in [3.8, 4) is 11.4 Å². The molecular weight excluding hydrogens is 218 g/mol. The van der Waals surface area contributed by atoms with Gasteiger partial charge in [-0.2, -0.15) is 0 Å². The van der Waals surface area contributed by atoms with E-state index in [1.807, 2.05) is 13.0 Å². The van der Waals surface area contributed by atoms with Crippen LogP contribution in [0.15, 0.2) is 30.5 Å². The van der Waals surface area contributed by atoms with Crippen LogP contribution < -0.4 is 0 Å². The zero-order valence-corrected chi connectivity index (χ0v) is 9.64. The Morgan fingerprint density at radius 2 is 1.94 bits per heavy atom. The van der Waals surface area contributed by atoms with Crippen LogP contribution in [0, 0.1) is 13.8 Å². The molecule has 0 unspecified atom stereocenters. The van der Waals surface area contributed by atoms with Gasteiger partial charge in [-0.25, -0.2) is 4.79 Å². The monoisotopic (exact) mass is 231 g/mol. The molecule has 2 N–H and O–H groups in total. The normalized spacial score (nSPS) is 10.5. The minimum absolute atomic E-state index is 0.131. The predicted molar refractivity (Wildman–Crippen MR) is 63.9 cm³/mol. The topological polar surface area (TPSA) is 62.5 Å². The molecule has 0 saturated heterocycles. The average Bonchev–Trinajstić information content (AvgIpc) is 2.64. The maximum Gasteiger partial charge on any atom is 0.337 e. The van der Waals surface area contributed by atoms with Crippen molar-refractivity contribution in [3.63, 3.8) is 0 Å². The second kappa shape index (κ2) is 3.97. The van der Waals surface area contributed by atoms with Gasteiger partial charge in [0.05, 0.1) is 11.3 Å². The molecule has 2 rings (SSSR count). The number of carboxylic acid groups (broad SMARTS) is 1. The highest BCUT2D eigenvalue weighted by Crippen LogP contribution is 2.25. The van der Waals surface area contributed by atoms with Crippen LogP contribution in [0.3, 0.4) is 0 Å². The van der Waals surface area contributed by atoms with E-state index >= 15 is 0 Å². The number of hydrogen-bond acceptors (Lipinski definition) is 2. The molecule has 1 aromatic carbocycles. The van der Waals surface area contributed by atoms with Crippen LogP contribution >= 0.6 is 0 Å². The first-order valence-electron chi connectivity index (χ1n) is 5.22. The van der Waals surface area contributed by atoms with Gasteiger partial charge >= 0.3 is 5.97 Å². The molecular formula is C13H13NO3. The number of aromatic carboxylic acids is 1. The van der Waals surface area contributed by atoms with Gasteiger partial charge in [-0.05, 0) is 37.6 Å². The molecule has 1 heterocycles. The summed E-state index contributed by atoms with van der Waals surface area (Å²) in [6.45, 7) is 3.63. The number of aryl methyl sites for hydroxylation is 1. The molecule has 4 heteroatoms. The van der Waals surface area contributed by atoms with Gasteiger partial charge in [-0.15, -0.1) is 0 Å². The Hall–Kier alpha value is -2.23. The predicted octanol–water partition coefficient (Wildman–Crippen LogP) is 2.50. The van der Waals surface area contributed by atoms with Crippen LogP contribution in [0.25, 0.3) is 5.69 Å². The fourth-order valence-electron chi connectivity index (χ4n) is 1.82. The van der Waals surface area contributed by atoms with Gasteiger partial charge in [0.25, 0.3) is 0 Å². The van der Waals surface area contributed by atoms with E-state index in [1.54, 1.807) is 29.8 Å². The molecule has 2 aromatic rings. The van der Waals surface area contributed by atoms with Gasteiger partial charge in [0.15, 0.2) is 0 Å². The third-order valence-electron chi connectivity index (χ3n) is 2.76. The van der Waals surface area contributed by atoms with Crippen molar-refractivity contribution in [2.45, 2.75) is 13.8 Å². The highest BCUT2D eigenvalue weighted by atomic mass is 16.4. The Balaban J connectivity index is 2.61. The molecule has 0 aliphatic heterocycles. The number of carboxylic acids is 1. The van der Waals surface area contributed by atoms with Gasteiger partial charge in [0.1, 0.15) is 5.75 Å². The molecule has 1 aromatic heterocycles. The molecule has 0 atom stereocenters. The highest BCUT2D eigenvalue weighted by Gasteiger charge is 2.13. The van der Waals surface area contributed by atoms with Crippen molar-refractivity contribution in [1.82, 2.24) is 4.57 Å². The van der Waals surface area contributed by atoms with Gasteiger partial charge in [0, 0.05) is 11.9 Å². The van der Waals surface area contributed by atoms with Crippen molar-refractivity contribution < 1.29 is 15.0 Å². The quantitative estimate of drug-likeness (QED) is 0.834. The fourth-order valence-corrected chi connectivity index (χ4v) is 1.82. The van der Waals surface area contributed by atoms with Crippen molar-refractivity contribution in [2.75, 3.05) is 0 Å². The lowest BCUT2D eigenvalue weighted by Crippen LogP contribution is -2.01. The van der Waals surface area contributed by atoms with E-state index in [9.17, 15) is 9.90 Å². The van der Waals surface area contributed by atoms with E-state index in [-0.39, 0.29) is 11.3 Å². The Labute approximate surface area is 98.8 Å². The number of carbonyl (C=O) groups is 1. The van der Waals surface area contributed by atoms with Gasteiger partial charge in [0.2, 0.25) is 0 Å². The van der Waals surface area contributed by atoms with Gasteiger partial charge in [-0.1, -0.05) is 6.07 Å². The molecule has 0 aliphatic rings. The molecule has 0 amide bonds. The van der Waals surface area contributed by atoms with Crippen LogP contribution in [-0.2, 0) is 0 Å². The Kier molecular flexibility index (Phi) is 2.63. The first-order chi connectivity index (χ1) is 8.00. The Morgan fingerprint density at radius 1 is 1.24 bits per heavy atom. The second-order valence-electron chi connectivity index (χ2n) is 3.98. The van der Waals surface area contributed by atoms with Crippen LogP contribution in [0.1, 0.15) is 21.6 Å². The molecule has 0 saturated carbocycles. The van der Waals surface area contributed by atoms with E-state index in [0.29, 0.717) is 11.4 Å². The number of aromatic hydroxyl groups is 1. The summed E-state index contributed by atoms with van der Waals surface area (Å²) in [6, 6.07) is 6.74. The highest BCUT2D eigenvalue weighted by molar-refractivity contribution is 5.89. The number of aromatic nitrogens is 1. The zero-order valence-electron chi connectivity index (χ0n) is 9.64. The van der Waals surface area contributed by atoms with E-state index in [1.165, 1.54) is 6.07 Å². The lowest BCUT2D eigenvalue weighted by molar-refractivity contribution is 0.0696. The van der Waals surface area contributed by atoms with Crippen molar-refractivity contribution in [3.05, 3.63) is 47.3 Å². The fraction of sp³-hybridized carbons (Fsp3) is 0.154. The summed E-state index contributed by atoms with van der Waals surface area (Å²) in [5.74, 6) is -0.834. The minimum Gasteiger partial charge on any atom is -0.506 e. The third-order valence-corrected chi connectivity index (χ3v) is 2.76. The summed E-state index contributed by atoms with van der Waals surface area (Å²) in [5.41, 5.74) is 2.43. The van der Waals surface area contributed by atoms with Crippen LogP contribution in [0.5, 0.6) is 5.75 Å². The van der Waals surface area contributed by atoms with E-state index in [4.69, 9.17) is 5.11 Å². The largest absolute Gasteiger partial charge is 0.506 e. The third kappa shape index (κ3) is 1.89. The molecule has 0 radical (unpaired) electrons. The Bertz CT molecular complexity index is 584. The van der Waals surface area contributed by atoms with E-state index in [0.717, 1.165) is 5.56 Å². The SMILES string of the molecule is Cc1ccc(O)c(-n2ccc(C(=O)O)c2C)c1. The summed E-state index contributed by atoms with van der Waals surface area (Å²) in [7, 11) is 0. The van der Waals surface area contributed by atoms with Crippen molar-refractivity contribution in [2.24, 2.45) is 0 Å².